The second-order valence-electron chi connectivity index (χ2n) is 7.43. The van der Waals surface area contributed by atoms with Gasteiger partial charge in [0.25, 0.3) is 0 Å². The van der Waals surface area contributed by atoms with Crippen LogP contribution in [0.2, 0.25) is 5.02 Å². The normalized spacial score (nSPS) is 16.5. The maximum Gasteiger partial charge on any atom is 0.340 e. The minimum absolute atomic E-state index is 0.141. The topological polar surface area (TPSA) is 77.1 Å². The number of carbonyl (C=O) groups is 2. The number of esters is 1. The maximum atomic E-state index is 13.0. The summed E-state index contributed by atoms with van der Waals surface area (Å²) < 4.78 is 15.4. The minimum Gasteiger partial charge on any atom is -0.493 e. The van der Waals surface area contributed by atoms with Gasteiger partial charge in [0.2, 0.25) is 5.91 Å². The number of hydrogen-bond donors (Lipinski definition) is 1. The quantitative estimate of drug-likeness (QED) is 0.648. The van der Waals surface area contributed by atoms with Crippen LogP contribution >= 0.6 is 11.6 Å². The zero-order valence-electron chi connectivity index (χ0n) is 17.9. The molecule has 1 aliphatic heterocycles. The Balaban J connectivity index is 1.74. The number of benzene rings is 2. The van der Waals surface area contributed by atoms with Crippen molar-refractivity contribution in [2.24, 2.45) is 5.92 Å². The molecular formula is C23H27ClN2O5. The van der Waals surface area contributed by atoms with Crippen molar-refractivity contribution in [3.05, 3.63) is 52.5 Å². The van der Waals surface area contributed by atoms with Gasteiger partial charge in [-0.25, -0.2) is 4.79 Å². The number of piperidine rings is 1. The predicted molar refractivity (Wildman–Crippen MR) is 119 cm³/mol. The fourth-order valence-corrected chi connectivity index (χ4v) is 3.88. The van der Waals surface area contributed by atoms with Crippen molar-refractivity contribution in [2.75, 3.05) is 39.7 Å². The molecule has 7 nitrogen and oxygen atoms in total. The molecule has 166 valence electrons. The van der Waals surface area contributed by atoms with Gasteiger partial charge < -0.3 is 19.5 Å². The van der Waals surface area contributed by atoms with E-state index in [-0.39, 0.29) is 17.4 Å². The lowest BCUT2D eigenvalue weighted by Gasteiger charge is -2.32. The van der Waals surface area contributed by atoms with Crippen molar-refractivity contribution in [1.82, 2.24) is 4.90 Å². The van der Waals surface area contributed by atoms with Gasteiger partial charge in [-0.05, 0) is 37.1 Å². The highest BCUT2D eigenvalue weighted by Gasteiger charge is 2.27. The number of anilines is 1. The molecule has 1 heterocycles. The van der Waals surface area contributed by atoms with Crippen molar-refractivity contribution in [3.63, 3.8) is 0 Å². The average Bonchev–Trinajstić information content (AvgIpc) is 2.79. The minimum atomic E-state index is -0.565. The highest BCUT2D eigenvalue weighted by molar-refractivity contribution is 6.30. The molecule has 1 atom stereocenters. The molecule has 1 unspecified atom stereocenters. The molecule has 8 heteroatoms. The lowest BCUT2D eigenvalue weighted by atomic mass is 9.96. The van der Waals surface area contributed by atoms with Crippen LogP contribution in [0.4, 0.5) is 5.69 Å². The number of ether oxygens (including phenoxy) is 3. The molecule has 1 fully saturated rings. The number of carbonyl (C=O) groups excluding carboxylic acids is 2. The number of nitrogens with zero attached hydrogens (tertiary/aromatic N) is 1. The second kappa shape index (κ2) is 10.5. The first kappa shape index (κ1) is 22.9. The van der Waals surface area contributed by atoms with Crippen LogP contribution in [0, 0.1) is 5.92 Å². The molecule has 0 radical (unpaired) electrons. The molecule has 1 aliphatic rings. The smallest absolute Gasteiger partial charge is 0.340 e. The molecule has 1 N–H and O–H groups in total. The zero-order valence-corrected chi connectivity index (χ0v) is 18.7. The first-order chi connectivity index (χ1) is 14.9. The molecule has 0 aliphatic carbocycles. The molecule has 1 saturated heterocycles. The molecule has 3 rings (SSSR count). The number of likely N-dealkylation sites (tertiary alicyclic amines) is 1. The van der Waals surface area contributed by atoms with E-state index in [2.05, 4.69) is 10.2 Å². The third-order valence-corrected chi connectivity index (χ3v) is 5.63. The van der Waals surface area contributed by atoms with Crippen molar-refractivity contribution in [1.29, 1.82) is 0 Å². The van der Waals surface area contributed by atoms with Crippen LogP contribution in [0.25, 0.3) is 0 Å². The Hall–Kier alpha value is -2.77. The Morgan fingerprint density at radius 3 is 2.42 bits per heavy atom. The highest BCUT2D eigenvalue weighted by atomic mass is 35.5. The van der Waals surface area contributed by atoms with Gasteiger partial charge >= 0.3 is 5.97 Å². The maximum absolute atomic E-state index is 13.0. The number of halogens is 1. The van der Waals surface area contributed by atoms with E-state index in [1.54, 1.807) is 6.07 Å². The van der Waals surface area contributed by atoms with E-state index < -0.39 is 5.97 Å². The number of nitrogens with one attached hydrogen (secondary N) is 1. The fraction of sp³-hybridized carbons (Fsp3) is 0.391. The summed E-state index contributed by atoms with van der Waals surface area (Å²) in [4.78, 5) is 27.6. The SMILES string of the molecule is COC(=O)c1cc(OC)c(OC)cc1NC(=O)C1CCCN(Cc2ccc(Cl)cc2)C1. The molecule has 0 aromatic heterocycles. The number of hydrogen-bond acceptors (Lipinski definition) is 6. The van der Waals surface area contributed by atoms with Gasteiger partial charge in [-0.3, -0.25) is 9.69 Å². The van der Waals surface area contributed by atoms with Crippen LogP contribution < -0.4 is 14.8 Å². The third kappa shape index (κ3) is 5.68. The summed E-state index contributed by atoms with van der Waals surface area (Å²) >= 11 is 5.97. The average molecular weight is 447 g/mol. The Morgan fingerprint density at radius 1 is 1.10 bits per heavy atom. The zero-order chi connectivity index (χ0) is 22.4. The first-order valence-electron chi connectivity index (χ1n) is 10.1. The van der Waals surface area contributed by atoms with Crippen molar-refractivity contribution >= 4 is 29.2 Å². The van der Waals surface area contributed by atoms with Crippen LogP contribution in [0.5, 0.6) is 11.5 Å². The lowest BCUT2D eigenvalue weighted by molar-refractivity contribution is -0.121. The van der Waals surface area contributed by atoms with Crippen molar-refractivity contribution in [2.45, 2.75) is 19.4 Å². The van der Waals surface area contributed by atoms with E-state index in [0.29, 0.717) is 28.8 Å². The van der Waals surface area contributed by atoms with Gasteiger partial charge in [-0.1, -0.05) is 23.7 Å². The molecule has 31 heavy (non-hydrogen) atoms. The molecule has 0 bridgehead atoms. The van der Waals surface area contributed by atoms with Crippen LogP contribution in [-0.2, 0) is 16.1 Å². The van der Waals surface area contributed by atoms with Gasteiger partial charge in [-0.15, -0.1) is 0 Å². The Bertz CT molecular complexity index is 932. The van der Waals surface area contributed by atoms with E-state index in [0.717, 1.165) is 31.5 Å². The van der Waals surface area contributed by atoms with E-state index in [1.807, 2.05) is 24.3 Å². The van der Waals surface area contributed by atoms with E-state index in [4.69, 9.17) is 25.8 Å². The molecule has 2 aromatic carbocycles. The molecular weight excluding hydrogens is 420 g/mol. The first-order valence-corrected chi connectivity index (χ1v) is 10.4. The molecule has 0 spiro atoms. The van der Waals surface area contributed by atoms with E-state index in [9.17, 15) is 9.59 Å². The summed E-state index contributed by atoms with van der Waals surface area (Å²) in [5.74, 6) is -0.103. The van der Waals surface area contributed by atoms with Crippen LogP contribution in [-0.4, -0.2) is 51.2 Å². The van der Waals surface area contributed by atoms with Crippen molar-refractivity contribution < 1.29 is 23.8 Å². The predicted octanol–water partition coefficient (Wildman–Crippen LogP) is 3.99. The summed E-state index contributed by atoms with van der Waals surface area (Å²) in [5, 5.41) is 3.60. The largest absolute Gasteiger partial charge is 0.493 e. The van der Waals surface area contributed by atoms with Crippen molar-refractivity contribution in [3.8, 4) is 11.5 Å². The third-order valence-electron chi connectivity index (χ3n) is 5.38. The van der Waals surface area contributed by atoms with Gasteiger partial charge in [0.15, 0.2) is 11.5 Å². The summed E-state index contributed by atoms with van der Waals surface area (Å²) in [6.07, 6.45) is 1.70. The molecule has 2 aromatic rings. The Morgan fingerprint density at radius 2 is 1.77 bits per heavy atom. The molecule has 1 amide bonds. The van der Waals surface area contributed by atoms with E-state index in [1.165, 1.54) is 27.4 Å². The standard InChI is InChI=1S/C23H27ClN2O5/c1-29-20-11-18(23(28)31-3)19(12-21(20)30-2)25-22(27)16-5-4-10-26(14-16)13-15-6-8-17(24)9-7-15/h6-9,11-12,16H,4-5,10,13-14H2,1-3H3,(H,25,27). The monoisotopic (exact) mass is 446 g/mol. The summed E-state index contributed by atoms with van der Waals surface area (Å²) in [6, 6.07) is 10.8. The lowest BCUT2D eigenvalue weighted by Crippen LogP contribution is -2.40. The summed E-state index contributed by atoms with van der Waals surface area (Å²) in [7, 11) is 4.27. The Kier molecular flexibility index (Phi) is 7.76. The van der Waals surface area contributed by atoms with Gasteiger partial charge in [0, 0.05) is 30.2 Å². The van der Waals surface area contributed by atoms with Crippen LogP contribution in [0.15, 0.2) is 36.4 Å². The Labute approximate surface area is 187 Å². The highest BCUT2D eigenvalue weighted by Crippen LogP contribution is 2.34. The second-order valence-corrected chi connectivity index (χ2v) is 7.87. The fourth-order valence-electron chi connectivity index (χ4n) is 3.76. The van der Waals surface area contributed by atoms with Crippen LogP contribution in [0.1, 0.15) is 28.8 Å². The number of amides is 1. The van der Waals surface area contributed by atoms with Gasteiger partial charge in [0.05, 0.1) is 38.5 Å². The van der Waals surface area contributed by atoms with Gasteiger partial charge in [0.1, 0.15) is 0 Å². The number of methoxy groups -OCH3 is 3. The molecule has 0 saturated carbocycles. The summed E-state index contributed by atoms with van der Waals surface area (Å²) in [6.45, 7) is 2.32. The number of rotatable bonds is 7. The van der Waals surface area contributed by atoms with Gasteiger partial charge in [-0.2, -0.15) is 0 Å². The van der Waals surface area contributed by atoms with Crippen LogP contribution in [0.3, 0.4) is 0 Å². The summed E-state index contributed by atoms with van der Waals surface area (Å²) in [5.41, 5.74) is 1.70. The van der Waals surface area contributed by atoms with E-state index >= 15 is 0 Å².